The molecule has 0 aliphatic heterocycles. The molecule has 0 fully saturated rings. The van der Waals surface area contributed by atoms with Crippen molar-refractivity contribution in [2.45, 2.75) is 19.9 Å². The lowest BCUT2D eigenvalue weighted by Gasteiger charge is -2.09. The molecule has 1 aromatic carbocycles. The van der Waals surface area contributed by atoms with Gasteiger partial charge in [-0.1, -0.05) is 5.21 Å². The van der Waals surface area contributed by atoms with Gasteiger partial charge in [0.25, 0.3) is 0 Å². The lowest BCUT2D eigenvalue weighted by molar-refractivity contribution is -0.146. The van der Waals surface area contributed by atoms with Gasteiger partial charge in [-0.3, -0.25) is 0 Å². The maximum Gasteiger partial charge on any atom is 0.330 e. The molecule has 0 aliphatic carbocycles. The predicted molar refractivity (Wildman–Crippen MR) is 79.9 cm³/mol. The Bertz CT molecular complexity index is 654. The lowest BCUT2D eigenvalue weighted by Crippen LogP contribution is -2.19. The van der Waals surface area contributed by atoms with Crippen LogP contribution in [0.5, 0.6) is 11.5 Å². The van der Waals surface area contributed by atoms with Gasteiger partial charge in [-0.25, -0.2) is 9.48 Å². The van der Waals surface area contributed by atoms with Gasteiger partial charge in [0.2, 0.25) is 0 Å². The van der Waals surface area contributed by atoms with Crippen LogP contribution >= 0.6 is 0 Å². The zero-order chi connectivity index (χ0) is 16.1. The van der Waals surface area contributed by atoms with Crippen molar-refractivity contribution in [2.24, 2.45) is 0 Å². The minimum Gasteiger partial charge on any atom is -0.493 e. The molecule has 22 heavy (non-hydrogen) atoms. The topological polar surface area (TPSA) is 75.5 Å². The number of carbonyl (C=O) groups excluding carboxylic acids is 1. The van der Waals surface area contributed by atoms with Crippen molar-refractivity contribution < 1.29 is 19.0 Å². The van der Waals surface area contributed by atoms with Crippen LogP contribution in [0, 0.1) is 0 Å². The average Bonchev–Trinajstić information content (AvgIpc) is 3.03. The highest BCUT2D eigenvalue weighted by Gasteiger charge is 2.18. The van der Waals surface area contributed by atoms with E-state index in [1.165, 1.54) is 4.68 Å². The van der Waals surface area contributed by atoms with Crippen molar-refractivity contribution in [3.05, 3.63) is 24.4 Å². The number of hydrogen-bond donors (Lipinski definition) is 0. The van der Waals surface area contributed by atoms with Crippen LogP contribution in [0.25, 0.3) is 11.3 Å². The second-order valence-corrected chi connectivity index (χ2v) is 4.58. The summed E-state index contributed by atoms with van der Waals surface area (Å²) in [5.74, 6) is 0.901. The van der Waals surface area contributed by atoms with Crippen molar-refractivity contribution in [2.75, 3.05) is 20.8 Å². The van der Waals surface area contributed by atoms with Gasteiger partial charge in [0.1, 0.15) is 11.7 Å². The van der Waals surface area contributed by atoms with E-state index in [1.807, 2.05) is 12.1 Å². The Morgan fingerprint density at radius 3 is 2.64 bits per heavy atom. The number of rotatable bonds is 6. The largest absolute Gasteiger partial charge is 0.493 e. The third-order valence-electron chi connectivity index (χ3n) is 3.21. The monoisotopic (exact) mass is 305 g/mol. The fourth-order valence-corrected chi connectivity index (χ4v) is 1.96. The number of aromatic nitrogens is 3. The number of ether oxygens (including phenoxy) is 3. The summed E-state index contributed by atoms with van der Waals surface area (Å²) in [5, 5.41) is 8.08. The van der Waals surface area contributed by atoms with Crippen molar-refractivity contribution in [1.82, 2.24) is 15.0 Å². The second-order valence-electron chi connectivity index (χ2n) is 4.58. The van der Waals surface area contributed by atoms with Gasteiger partial charge in [0, 0.05) is 5.56 Å². The van der Waals surface area contributed by atoms with Gasteiger partial charge >= 0.3 is 5.97 Å². The first-order valence-electron chi connectivity index (χ1n) is 6.91. The Labute approximate surface area is 128 Å². The number of esters is 1. The molecule has 0 bridgehead atoms. The molecule has 1 aromatic heterocycles. The molecular weight excluding hydrogens is 286 g/mol. The maximum absolute atomic E-state index is 11.7. The van der Waals surface area contributed by atoms with E-state index in [0.29, 0.717) is 23.8 Å². The molecule has 7 heteroatoms. The molecule has 0 saturated carbocycles. The first-order valence-corrected chi connectivity index (χ1v) is 6.91. The summed E-state index contributed by atoms with van der Waals surface area (Å²) in [6.07, 6.45) is 1.70. The molecule has 2 rings (SSSR count). The van der Waals surface area contributed by atoms with Crippen LogP contribution in [0.4, 0.5) is 0 Å². The van der Waals surface area contributed by atoms with E-state index in [4.69, 9.17) is 14.2 Å². The highest BCUT2D eigenvalue weighted by molar-refractivity contribution is 5.73. The first kappa shape index (κ1) is 15.8. The number of nitrogens with zero attached hydrogens (tertiary/aromatic N) is 3. The molecule has 1 atom stereocenters. The first-order chi connectivity index (χ1) is 10.6. The molecule has 0 aliphatic rings. The second kappa shape index (κ2) is 6.93. The number of methoxy groups -OCH3 is 2. The average molecular weight is 305 g/mol. The Hall–Kier alpha value is -2.57. The summed E-state index contributed by atoms with van der Waals surface area (Å²) in [4.78, 5) is 11.7. The van der Waals surface area contributed by atoms with E-state index >= 15 is 0 Å². The Morgan fingerprint density at radius 2 is 2.00 bits per heavy atom. The Morgan fingerprint density at radius 1 is 1.27 bits per heavy atom. The van der Waals surface area contributed by atoms with Gasteiger partial charge in [0.05, 0.1) is 27.0 Å². The molecule has 118 valence electrons. The van der Waals surface area contributed by atoms with Crippen LogP contribution in [0.1, 0.15) is 19.9 Å². The van der Waals surface area contributed by atoms with E-state index in [2.05, 4.69) is 10.3 Å². The molecule has 1 unspecified atom stereocenters. The summed E-state index contributed by atoms with van der Waals surface area (Å²) < 4.78 is 16.9. The third kappa shape index (κ3) is 3.19. The number of carbonyl (C=O) groups is 1. The molecule has 1 heterocycles. The van der Waals surface area contributed by atoms with E-state index < -0.39 is 6.04 Å². The number of hydrogen-bond acceptors (Lipinski definition) is 6. The smallest absolute Gasteiger partial charge is 0.330 e. The van der Waals surface area contributed by atoms with Gasteiger partial charge < -0.3 is 14.2 Å². The molecule has 0 N–H and O–H groups in total. The van der Waals surface area contributed by atoms with E-state index in [1.54, 1.807) is 40.3 Å². The van der Waals surface area contributed by atoms with Crippen molar-refractivity contribution in [3.63, 3.8) is 0 Å². The summed E-state index contributed by atoms with van der Waals surface area (Å²) >= 11 is 0. The molecular formula is C15H19N3O4. The van der Waals surface area contributed by atoms with Gasteiger partial charge in [0.15, 0.2) is 11.5 Å². The third-order valence-corrected chi connectivity index (χ3v) is 3.21. The maximum atomic E-state index is 11.7. The fourth-order valence-electron chi connectivity index (χ4n) is 1.96. The van der Waals surface area contributed by atoms with Crippen LogP contribution in [0.3, 0.4) is 0 Å². The highest BCUT2D eigenvalue weighted by atomic mass is 16.5. The molecule has 0 radical (unpaired) electrons. The minimum atomic E-state index is -0.527. The van der Waals surface area contributed by atoms with Gasteiger partial charge in [-0.2, -0.15) is 0 Å². The summed E-state index contributed by atoms with van der Waals surface area (Å²) in [6.45, 7) is 3.81. The van der Waals surface area contributed by atoms with E-state index in [9.17, 15) is 4.79 Å². The standard InChI is InChI=1S/C15H19N3O4/c1-5-22-15(19)10(2)18-9-12(16-17-18)11-6-7-13(20-3)14(8-11)21-4/h6-10H,5H2,1-4H3. The summed E-state index contributed by atoms with van der Waals surface area (Å²) in [7, 11) is 3.15. The van der Waals surface area contributed by atoms with Crippen molar-refractivity contribution in [1.29, 1.82) is 0 Å². The quantitative estimate of drug-likeness (QED) is 0.761. The highest BCUT2D eigenvalue weighted by Crippen LogP contribution is 2.31. The zero-order valence-corrected chi connectivity index (χ0v) is 13.1. The Kier molecular flexibility index (Phi) is 4.98. The SMILES string of the molecule is CCOC(=O)C(C)n1cc(-c2ccc(OC)c(OC)c2)nn1. The summed E-state index contributed by atoms with van der Waals surface area (Å²) in [6, 6.07) is 4.93. The lowest BCUT2D eigenvalue weighted by atomic mass is 10.1. The fraction of sp³-hybridized carbons (Fsp3) is 0.400. The van der Waals surface area contributed by atoms with Crippen molar-refractivity contribution in [3.8, 4) is 22.8 Å². The summed E-state index contributed by atoms with van der Waals surface area (Å²) in [5.41, 5.74) is 1.46. The van der Waals surface area contributed by atoms with Crippen LogP contribution in [-0.2, 0) is 9.53 Å². The number of benzene rings is 1. The van der Waals surface area contributed by atoms with Gasteiger partial charge in [-0.05, 0) is 32.0 Å². The predicted octanol–water partition coefficient (Wildman–Crippen LogP) is 2.09. The molecule has 0 amide bonds. The van der Waals surface area contributed by atoms with E-state index in [0.717, 1.165) is 5.56 Å². The van der Waals surface area contributed by atoms with E-state index in [-0.39, 0.29) is 5.97 Å². The molecule has 7 nitrogen and oxygen atoms in total. The van der Waals surface area contributed by atoms with Crippen LogP contribution in [0.15, 0.2) is 24.4 Å². The van der Waals surface area contributed by atoms with Crippen LogP contribution in [-0.4, -0.2) is 41.8 Å². The molecule has 2 aromatic rings. The van der Waals surface area contributed by atoms with Crippen molar-refractivity contribution >= 4 is 5.97 Å². The van der Waals surface area contributed by atoms with Crippen LogP contribution < -0.4 is 9.47 Å². The normalized spacial score (nSPS) is 11.8. The molecule has 0 saturated heterocycles. The van der Waals surface area contributed by atoms with Crippen LogP contribution in [0.2, 0.25) is 0 Å². The zero-order valence-electron chi connectivity index (χ0n) is 13.1. The van der Waals surface area contributed by atoms with Gasteiger partial charge in [-0.15, -0.1) is 5.10 Å². The molecule has 0 spiro atoms. The Balaban J connectivity index is 2.26. The minimum absolute atomic E-state index is 0.334.